The largest absolute Gasteiger partial charge is 0.480 e. The first kappa shape index (κ1) is 15.2. The van der Waals surface area contributed by atoms with Crippen molar-refractivity contribution in [3.8, 4) is 5.75 Å². The third-order valence-electron chi connectivity index (χ3n) is 3.22. The highest BCUT2D eigenvalue weighted by molar-refractivity contribution is 6.44. The normalized spacial score (nSPS) is 13.8. The van der Waals surface area contributed by atoms with Crippen molar-refractivity contribution in [2.24, 2.45) is 0 Å². The number of amides is 1. The van der Waals surface area contributed by atoms with Crippen LogP contribution in [0.4, 0.5) is 11.6 Å². The van der Waals surface area contributed by atoms with Gasteiger partial charge in [0, 0.05) is 10.6 Å². The van der Waals surface area contributed by atoms with Gasteiger partial charge in [-0.3, -0.25) is 9.69 Å². The number of ether oxygens (including phenoxy) is 1. The molecule has 2 N–H and O–H groups in total. The van der Waals surface area contributed by atoms with E-state index in [2.05, 4.69) is 4.98 Å². The van der Waals surface area contributed by atoms with Crippen LogP contribution in [0.1, 0.15) is 5.56 Å². The number of nitrogen functional groups attached to an aromatic ring is 1. The number of carbonyl (C=O) groups excluding carboxylic acids is 1. The zero-order chi connectivity index (χ0) is 15.9. The van der Waals surface area contributed by atoms with Gasteiger partial charge in [-0.15, -0.1) is 0 Å². The third-order valence-corrected chi connectivity index (χ3v) is 4.42. The van der Waals surface area contributed by atoms with Gasteiger partial charge in [0.2, 0.25) is 0 Å². The molecule has 2 aromatic rings. The summed E-state index contributed by atoms with van der Waals surface area (Å²) in [4.78, 5) is 17.8. The van der Waals surface area contributed by atoms with Crippen LogP contribution >= 0.6 is 34.8 Å². The molecule has 0 unspecified atom stereocenters. The van der Waals surface area contributed by atoms with Crippen LogP contribution < -0.4 is 15.4 Å². The maximum absolute atomic E-state index is 12.2. The Hall–Kier alpha value is -1.69. The lowest BCUT2D eigenvalue weighted by molar-refractivity contribution is -0.121. The lowest BCUT2D eigenvalue weighted by atomic mass is 10.2. The molecule has 3 rings (SSSR count). The van der Waals surface area contributed by atoms with Crippen LogP contribution in [-0.2, 0) is 11.3 Å². The smallest absolute Gasteiger partial charge is 0.266 e. The highest BCUT2D eigenvalue weighted by Crippen LogP contribution is 2.36. The van der Waals surface area contributed by atoms with E-state index in [9.17, 15) is 4.79 Å². The van der Waals surface area contributed by atoms with Crippen molar-refractivity contribution in [1.29, 1.82) is 0 Å². The summed E-state index contributed by atoms with van der Waals surface area (Å²) in [5, 5.41) is 1.08. The number of anilines is 2. The molecule has 5 nitrogen and oxygen atoms in total. The molecule has 1 amide bonds. The Kier molecular flexibility index (Phi) is 4.04. The molecule has 0 spiro atoms. The van der Waals surface area contributed by atoms with E-state index in [1.54, 1.807) is 24.3 Å². The number of pyridine rings is 1. The number of nitrogens with two attached hydrogens (primary N) is 1. The first-order valence-corrected chi connectivity index (χ1v) is 7.43. The van der Waals surface area contributed by atoms with Gasteiger partial charge >= 0.3 is 0 Å². The molecule has 0 fully saturated rings. The van der Waals surface area contributed by atoms with Crippen molar-refractivity contribution in [1.82, 2.24) is 4.98 Å². The summed E-state index contributed by atoms with van der Waals surface area (Å²) in [6.07, 6.45) is 0. The number of aromatic nitrogens is 1. The molecule has 1 aromatic heterocycles. The van der Waals surface area contributed by atoms with Gasteiger partial charge in [0.05, 0.1) is 16.6 Å². The van der Waals surface area contributed by atoms with Crippen molar-refractivity contribution in [3.63, 3.8) is 0 Å². The summed E-state index contributed by atoms with van der Waals surface area (Å²) in [5.74, 6) is 0.828. The molecule has 1 aromatic carbocycles. The molecule has 0 saturated carbocycles. The summed E-state index contributed by atoms with van der Waals surface area (Å²) in [6.45, 7) is 0.0400. The van der Waals surface area contributed by atoms with Crippen molar-refractivity contribution in [3.05, 3.63) is 44.9 Å². The average Bonchev–Trinajstić information content (AvgIpc) is 2.49. The fourth-order valence-electron chi connectivity index (χ4n) is 2.13. The van der Waals surface area contributed by atoms with E-state index in [4.69, 9.17) is 45.3 Å². The van der Waals surface area contributed by atoms with Crippen LogP contribution in [0.3, 0.4) is 0 Å². The Labute approximate surface area is 141 Å². The second-order valence-corrected chi connectivity index (χ2v) is 5.84. The summed E-state index contributed by atoms with van der Waals surface area (Å²) < 4.78 is 5.34. The van der Waals surface area contributed by atoms with Gasteiger partial charge in [0.1, 0.15) is 5.82 Å². The lowest BCUT2D eigenvalue weighted by Gasteiger charge is -2.29. The molecular weight excluding hydrogens is 349 g/mol. The minimum atomic E-state index is -0.266. The zero-order valence-corrected chi connectivity index (χ0v) is 13.4. The van der Waals surface area contributed by atoms with Gasteiger partial charge < -0.3 is 10.5 Å². The highest BCUT2D eigenvalue weighted by atomic mass is 35.5. The molecule has 0 aliphatic carbocycles. The van der Waals surface area contributed by atoms with Crippen LogP contribution in [-0.4, -0.2) is 17.5 Å². The first-order chi connectivity index (χ1) is 10.5. The molecular formula is C14H10Cl3N3O2. The number of benzene rings is 1. The van der Waals surface area contributed by atoms with Crippen molar-refractivity contribution in [2.75, 3.05) is 17.2 Å². The van der Waals surface area contributed by atoms with Crippen LogP contribution in [0.25, 0.3) is 0 Å². The molecule has 22 heavy (non-hydrogen) atoms. The number of carbonyl (C=O) groups is 1. The number of rotatable bonds is 2. The minimum absolute atomic E-state index is 0.0889. The fourth-order valence-corrected chi connectivity index (χ4v) is 2.79. The lowest BCUT2D eigenvalue weighted by Crippen LogP contribution is -2.39. The standard InChI is InChI=1S/C14H10Cl3N3O2/c15-8-1-2-9(16)13(17)7(8)5-20-12(21)6-22-10-3-4-11(18)19-14(10)20/h1-4H,5-6H2,(H2,18,19). The summed E-state index contributed by atoms with van der Waals surface area (Å²) in [5.41, 5.74) is 6.23. The maximum Gasteiger partial charge on any atom is 0.266 e. The van der Waals surface area contributed by atoms with E-state index in [0.29, 0.717) is 32.2 Å². The van der Waals surface area contributed by atoms with Gasteiger partial charge in [-0.1, -0.05) is 34.8 Å². The molecule has 2 heterocycles. The van der Waals surface area contributed by atoms with Crippen LogP contribution in [0.5, 0.6) is 5.75 Å². The first-order valence-electron chi connectivity index (χ1n) is 6.29. The van der Waals surface area contributed by atoms with E-state index in [1.165, 1.54) is 4.90 Å². The van der Waals surface area contributed by atoms with Gasteiger partial charge in [-0.05, 0) is 24.3 Å². The molecule has 0 atom stereocenters. The monoisotopic (exact) mass is 357 g/mol. The molecule has 1 aliphatic rings. The molecule has 1 aliphatic heterocycles. The molecule has 0 bridgehead atoms. The van der Waals surface area contributed by atoms with Crippen molar-refractivity contribution in [2.45, 2.75) is 6.54 Å². The van der Waals surface area contributed by atoms with Crippen LogP contribution in [0.15, 0.2) is 24.3 Å². The predicted octanol–water partition coefficient (Wildman–Crippen LogP) is 3.55. The fraction of sp³-hybridized carbons (Fsp3) is 0.143. The Morgan fingerprint density at radius 3 is 2.68 bits per heavy atom. The number of fused-ring (bicyclic) bond motifs is 1. The molecule has 114 valence electrons. The van der Waals surface area contributed by atoms with Crippen molar-refractivity contribution < 1.29 is 9.53 Å². The summed E-state index contributed by atoms with van der Waals surface area (Å²) in [6, 6.07) is 6.50. The summed E-state index contributed by atoms with van der Waals surface area (Å²) >= 11 is 18.4. The topological polar surface area (TPSA) is 68.5 Å². The Bertz CT molecular complexity index is 767. The quantitative estimate of drug-likeness (QED) is 0.834. The second-order valence-electron chi connectivity index (χ2n) is 4.65. The van der Waals surface area contributed by atoms with Crippen LogP contribution in [0, 0.1) is 0 Å². The number of nitrogens with zero attached hydrogens (tertiary/aromatic N) is 2. The number of halogens is 3. The minimum Gasteiger partial charge on any atom is -0.480 e. The SMILES string of the molecule is Nc1ccc2c(n1)N(Cc1c(Cl)ccc(Cl)c1Cl)C(=O)CO2. The van der Waals surface area contributed by atoms with Gasteiger partial charge in [0.25, 0.3) is 5.91 Å². The number of hydrogen-bond donors (Lipinski definition) is 1. The maximum atomic E-state index is 12.2. The van der Waals surface area contributed by atoms with Gasteiger partial charge in [-0.25, -0.2) is 4.98 Å². The average molecular weight is 359 g/mol. The van der Waals surface area contributed by atoms with E-state index < -0.39 is 0 Å². The molecule has 8 heteroatoms. The summed E-state index contributed by atoms with van der Waals surface area (Å²) in [7, 11) is 0. The third kappa shape index (κ3) is 2.67. The van der Waals surface area contributed by atoms with E-state index in [-0.39, 0.29) is 24.9 Å². The molecule has 0 saturated heterocycles. The van der Waals surface area contributed by atoms with Gasteiger partial charge in [-0.2, -0.15) is 0 Å². The Balaban J connectivity index is 2.05. The van der Waals surface area contributed by atoms with E-state index >= 15 is 0 Å². The van der Waals surface area contributed by atoms with E-state index in [0.717, 1.165) is 0 Å². The predicted molar refractivity (Wildman–Crippen MR) is 86.8 cm³/mol. The Morgan fingerprint density at radius 1 is 1.18 bits per heavy atom. The van der Waals surface area contributed by atoms with E-state index in [1.807, 2.05) is 0 Å². The molecule has 0 radical (unpaired) electrons. The Morgan fingerprint density at radius 2 is 1.91 bits per heavy atom. The zero-order valence-electron chi connectivity index (χ0n) is 11.1. The highest BCUT2D eigenvalue weighted by Gasteiger charge is 2.28. The second kappa shape index (κ2) is 5.83. The number of hydrogen-bond acceptors (Lipinski definition) is 4. The van der Waals surface area contributed by atoms with Gasteiger partial charge in [0.15, 0.2) is 18.2 Å². The van der Waals surface area contributed by atoms with Crippen LogP contribution in [0.2, 0.25) is 15.1 Å². The van der Waals surface area contributed by atoms with Crippen molar-refractivity contribution >= 4 is 52.3 Å².